The van der Waals surface area contributed by atoms with Crippen molar-refractivity contribution in [3.8, 4) is 0 Å². The predicted octanol–water partition coefficient (Wildman–Crippen LogP) is 3.60. The molecule has 2 aromatic carbocycles. The lowest BCUT2D eigenvalue weighted by Gasteiger charge is -2.26. The van der Waals surface area contributed by atoms with Gasteiger partial charge in [0.05, 0.1) is 6.04 Å². The van der Waals surface area contributed by atoms with Crippen LogP contribution in [-0.4, -0.2) is 36.0 Å². The maximum atomic E-state index is 12.7. The molecular weight excluding hydrogens is 326 g/mol. The van der Waals surface area contributed by atoms with Gasteiger partial charge < -0.3 is 15.5 Å². The summed E-state index contributed by atoms with van der Waals surface area (Å²) in [6, 6.07) is 14.7. The zero-order chi connectivity index (χ0) is 18.5. The van der Waals surface area contributed by atoms with Gasteiger partial charge >= 0.3 is 6.03 Å². The molecule has 0 radical (unpaired) electrons. The maximum absolute atomic E-state index is 12.7. The van der Waals surface area contributed by atoms with E-state index in [2.05, 4.69) is 41.0 Å². The van der Waals surface area contributed by atoms with Crippen molar-refractivity contribution in [2.24, 2.45) is 0 Å². The fourth-order valence-electron chi connectivity index (χ4n) is 3.65. The van der Waals surface area contributed by atoms with Crippen molar-refractivity contribution in [2.45, 2.75) is 45.2 Å². The molecule has 1 aliphatic rings. The third-order valence-electron chi connectivity index (χ3n) is 4.77. The molecule has 2 aromatic rings. The van der Waals surface area contributed by atoms with Crippen LogP contribution in [0.15, 0.2) is 42.5 Å². The first-order valence-electron chi connectivity index (χ1n) is 9.38. The van der Waals surface area contributed by atoms with Crippen LogP contribution in [0.1, 0.15) is 44.7 Å². The second kappa shape index (κ2) is 8.21. The van der Waals surface area contributed by atoms with E-state index in [1.54, 1.807) is 0 Å². The van der Waals surface area contributed by atoms with Crippen LogP contribution >= 0.6 is 0 Å². The number of fused-ring (bicyclic) bond motifs is 1. The zero-order valence-corrected chi connectivity index (χ0v) is 15.5. The van der Waals surface area contributed by atoms with Crippen molar-refractivity contribution < 1.29 is 9.59 Å². The summed E-state index contributed by atoms with van der Waals surface area (Å²) >= 11 is 0. The first-order chi connectivity index (χ1) is 12.6. The summed E-state index contributed by atoms with van der Waals surface area (Å²) in [5.74, 6) is -0.0349. The van der Waals surface area contributed by atoms with Crippen LogP contribution in [0.4, 0.5) is 4.79 Å². The van der Waals surface area contributed by atoms with Gasteiger partial charge in [-0.1, -0.05) is 42.5 Å². The second-order valence-electron chi connectivity index (χ2n) is 7.12. The van der Waals surface area contributed by atoms with Crippen molar-refractivity contribution in [2.75, 3.05) is 13.1 Å². The number of carbonyl (C=O) groups is 2. The quantitative estimate of drug-likeness (QED) is 0.863. The highest BCUT2D eigenvalue weighted by atomic mass is 16.2. The van der Waals surface area contributed by atoms with Gasteiger partial charge in [0.25, 0.3) is 0 Å². The molecule has 0 aromatic heterocycles. The molecule has 2 N–H and O–H groups in total. The van der Waals surface area contributed by atoms with Gasteiger partial charge in [0.1, 0.15) is 0 Å². The van der Waals surface area contributed by atoms with E-state index in [9.17, 15) is 9.59 Å². The average Bonchev–Trinajstić information content (AvgIpc) is 3.10. The lowest BCUT2D eigenvalue weighted by Crippen LogP contribution is -2.41. The number of nitrogens with one attached hydrogen (secondary N) is 2. The van der Waals surface area contributed by atoms with Crippen LogP contribution < -0.4 is 10.6 Å². The Hall–Kier alpha value is -2.56. The van der Waals surface area contributed by atoms with Gasteiger partial charge in [-0.05, 0) is 43.0 Å². The van der Waals surface area contributed by atoms with Crippen LogP contribution in [0.3, 0.4) is 0 Å². The number of rotatable bonds is 5. The summed E-state index contributed by atoms with van der Waals surface area (Å²) in [6.45, 7) is 4.96. The molecule has 3 rings (SSSR count). The number of urea groups is 1. The summed E-state index contributed by atoms with van der Waals surface area (Å²) in [5.41, 5.74) is 1.20. The second-order valence-corrected chi connectivity index (χ2v) is 7.12. The van der Waals surface area contributed by atoms with Gasteiger partial charge in [-0.2, -0.15) is 0 Å². The summed E-state index contributed by atoms with van der Waals surface area (Å²) in [6.07, 6.45) is 2.26. The standard InChI is InChI=1S/C21H27N3O2/c1-15(2)23-20(25)12-13-22-21(26)24-14-6-11-19(24)18-10-5-8-16-7-3-4-9-17(16)18/h3-5,7-10,15,19H,6,11-14H2,1-2H3,(H,22,26)(H,23,25)/t19-/m0/s1. The molecule has 138 valence electrons. The van der Waals surface area contributed by atoms with Crippen molar-refractivity contribution in [3.05, 3.63) is 48.0 Å². The molecular formula is C21H27N3O2. The summed E-state index contributed by atoms with van der Waals surface area (Å²) in [4.78, 5) is 26.3. The normalized spacial score (nSPS) is 16.9. The molecule has 1 atom stereocenters. The van der Waals surface area contributed by atoms with E-state index in [1.165, 1.54) is 16.3 Å². The van der Waals surface area contributed by atoms with E-state index in [1.807, 2.05) is 30.9 Å². The van der Waals surface area contributed by atoms with Crippen molar-refractivity contribution >= 4 is 22.7 Å². The Morgan fingerprint density at radius 1 is 1.15 bits per heavy atom. The number of nitrogens with zero attached hydrogens (tertiary/aromatic N) is 1. The minimum Gasteiger partial charge on any atom is -0.354 e. The third-order valence-corrected chi connectivity index (χ3v) is 4.77. The van der Waals surface area contributed by atoms with E-state index < -0.39 is 0 Å². The van der Waals surface area contributed by atoms with Crippen LogP contribution in [-0.2, 0) is 4.79 Å². The van der Waals surface area contributed by atoms with Crippen LogP contribution in [0.2, 0.25) is 0 Å². The maximum Gasteiger partial charge on any atom is 0.317 e. The number of amides is 3. The smallest absolute Gasteiger partial charge is 0.317 e. The molecule has 0 aliphatic carbocycles. The molecule has 0 saturated carbocycles. The van der Waals surface area contributed by atoms with E-state index in [0.717, 1.165) is 19.4 Å². The fourth-order valence-corrected chi connectivity index (χ4v) is 3.65. The van der Waals surface area contributed by atoms with Gasteiger partial charge in [-0.3, -0.25) is 4.79 Å². The molecule has 0 bridgehead atoms. The molecule has 5 nitrogen and oxygen atoms in total. The number of hydrogen-bond acceptors (Lipinski definition) is 2. The van der Waals surface area contributed by atoms with E-state index in [4.69, 9.17) is 0 Å². The average molecular weight is 353 g/mol. The Bertz CT molecular complexity index is 782. The Morgan fingerprint density at radius 3 is 2.73 bits per heavy atom. The summed E-state index contributed by atoms with van der Waals surface area (Å²) < 4.78 is 0. The Balaban J connectivity index is 1.66. The Labute approximate surface area is 154 Å². The minimum absolute atomic E-state index is 0.0349. The number of benzene rings is 2. The van der Waals surface area contributed by atoms with E-state index >= 15 is 0 Å². The predicted molar refractivity (Wildman–Crippen MR) is 104 cm³/mol. The topological polar surface area (TPSA) is 61.4 Å². The fraction of sp³-hybridized carbons (Fsp3) is 0.429. The Kier molecular flexibility index (Phi) is 5.76. The van der Waals surface area contributed by atoms with Crippen molar-refractivity contribution in [1.82, 2.24) is 15.5 Å². The van der Waals surface area contributed by atoms with E-state index in [0.29, 0.717) is 13.0 Å². The highest BCUT2D eigenvalue weighted by Crippen LogP contribution is 2.35. The summed E-state index contributed by atoms with van der Waals surface area (Å²) in [5, 5.41) is 8.14. The molecule has 0 unspecified atom stereocenters. The number of hydrogen-bond donors (Lipinski definition) is 2. The molecule has 0 spiro atoms. The molecule has 1 saturated heterocycles. The number of likely N-dealkylation sites (tertiary alicyclic amines) is 1. The molecule has 1 fully saturated rings. The monoisotopic (exact) mass is 353 g/mol. The van der Waals surface area contributed by atoms with Crippen molar-refractivity contribution in [3.63, 3.8) is 0 Å². The minimum atomic E-state index is -0.0854. The van der Waals surface area contributed by atoms with E-state index in [-0.39, 0.29) is 24.0 Å². The van der Waals surface area contributed by atoms with Crippen LogP contribution in [0.25, 0.3) is 10.8 Å². The van der Waals surface area contributed by atoms with Crippen LogP contribution in [0, 0.1) is 0 Å². The first-order valence-corrected chi connectivity index (χ1v) is 9.38. The summed E-state index contributed by atoms with van der Waals surface area (Å²) in [7, 11) is 0. The largest absolute Gasteiger partial charge is 0.354 e. The van der Waals surface area contributed by atoms with Gasteiger partial charge in [0, 0.05) is 25.6 Å². The highest BCUT2D eigenvalue weighted by Gasteiger charge is 2.30. The van der Waals surface area contributed by atoms with Crippen molar-refractivity contribution in [1.29, 1.82) is 0 Å². The number of carbonyl (C=O) groups excluding carboxylic acids is 2. The SMILES string of the molecule is CC(C)NC(=O)CCNC(=O)N1CCC[C@H]1c1cccc2ccccc12. The molecule has 1 aliphatic heterocycles. The lowest BCUT2D eigenvalue weighted by atomic mass is 9.97. The zero-order valence-electron chi connectivity index (χ0n) is 15.5. The van der Waals surface area contributed by atoms with Gasteiger partial charge in [-0.15, -0.1) is 0 Å². The molecule has 1 heterocycles. The molecule has 26 heavy (non-hydrogen) atoms. The van der Waals surface area contributed by atoms with Gasteiger partial charge in [0.2, 0.25) is 5.91 Å². The lowest BCUT2D eigenvalue weighted by molar-refractivity contribution is -0.121. The highest BCUT2D eigenvalue weighted by molar-refractivity contribution is 5.87. The first kappa shape index (κ1) is 18.2. The van der Waals surface area contributed by atoms with Gasteiger partial charge in [0.15, 0.2) is 0 Å². The Morgan fingerprint density at radius 2 is 1.92 bits per heavy atom. The molecule has 5 heteroatoms. The molecule has 3 amide bonds. The third kappa shape index (κ3) is 4.15. The van der Waals surface area contributed by atoms with Crippen LogP contribution in [0.5, 0.6) is 0 Å². The van der Waals surface area contributed by atoms with Gasteiger partial charge in [-0.25, -0.2) is 4.79 Å².